The van der Waals surface area contributed by atoms with Gasteiger partial charge in [-0.25, -0.2) is 0 Å². The monoisotopic (exact) mass is 336 g/mol. The predicted molar refractivity (Wildman–Crippen MR) is 107 cm³/mol. The lowest BCUT2D eigenvalue weighted by atomic mass is 9.78. The van der Waals surface area contributed by atoms with Gasteiger partial charge in [0.15, 0.2) is 0 Å². The minimum absolute atomic E-state index is 0.502. The van der Waals surface area contributed by atoms with Gasteiger partial charge in [0.1, 0.15) is 0 Å². The van der Waals surface area contributed by atoms with Gasteiger partial charge in [-0.05, 0) is 81.8 Å². The molecule has 0 bridgehead atoms. The molecule has 1 aliphatic rings. The number of aryl methyl sites for hydroxylation is 3. The highest BCUT2D eigenvalue weighted by Gasteiger charge is 2.27. The van der Waals surface area contributed by atoms with Crippen LogP contribution in [0, 0.1) is 26.7 Å². The molecule has 0 saturated carbocycles. The second-order valence-electron chi connectivity index (χ2n) is 7.80. The Labute approximate surface area is 153 Å². The van der Waals surface area contributed by atoms with Crippen molar-refractivity contribution in [1.82, 2.24) is 4.90 Å². The summed E-state index contributed by atoms with van der Waals surface area (Å²) >= 11 is 0. The fourth-order valence-corrected chi connectivity index (χ4v) is 4.28. The standard InChI is InChI=1S/C23H32N2/c1-17-4-7-20(8-5-17)16-25-12-10-21(11-13-25)23(15-24)22-9-6-18(2)14-19(22)3/h4-9,14,21,23H,10-13,15-16,24H2,1-3H3. The molecule has 2 aromatic carbocycles. The van der Waals surface area contributed by atoms with Crippen LogP contribution in [0.5, 0.6) is 0 Å². The van der Waals surface area contributed by atoms with Crippen molar-refractivity contribution in [2.75, 3.05) is 19.6 Å². The molecule has 0 radical (unpaired) electrons. The first-order valence-corrected chi connectivity index (χ1v) is 9.62. The van der Waals surface area contributed by atoms with Gasteiger partial charge in [0.05, 0.1) is 0 Å². The summed E-state index contributed by atoms with van der Waals surface area (Å²) in [6.07, 6.45) is 2.50. The Bertz CT molecular complexity index is 682. The van der Waals surface area contributed by atoms with E-state index >= 15 is 0 Å². The van der Waals surface area contributed by atoms with Crippen LogP contribution in [0.1, 0.15) is 46.6 Å². The summed E-state index contributed by atoms with van der Waals surface area (Å²) in [5.74, 6) is 1.21. The van der Waals surface area contributed by atoms with Crippen molar-refractivity contribution in [3.8, 4) is 0 Å². The minimum atomic E-state index is 0.502. The Morgan fingerprint density at radius 1 is 0.960 bits per heavy atom. The van der Waals surface area contributed by atoms with E-state index in [4.69, 9.17) is 5.73 Å². The highest BCUT2D eigenvalue weighted by molar-refractivity contribution is 5.34. The van der Waals surface area contributed by atoms with Gasteiger partial charge in [0, 0.05) is 6.54 Å². The number of rotatable bonds is 5. The van der Waals surface area contributed by atoms with Crippen molar-refractivity contribution in [2.45, 2.75) is 46.1 Å². The summed E-state index contributed by atoms with van der Waals surface area (Å²) in [7, 11) is 0. The van der Waals surface area contributed by atoms with Crippen molar-refractivity contribution in [3.05, 3.63) is 70.3 Å². The molecule has 0 spiro atoms. The largest absolute Gasteiger partial charge is 0.330 e. The molecule has 0 amide bonds. The average Bonchev–Trinajstić information content (AvgIpc) is 2.61. The number of likely N-dealkylation sites (tertiary alicyclic amines) is 1. The van der Waals surface area contributed by atoms with E-state index in [9.17, 15) is 0 Å². The quantitative estimate of drug-likeness (QED) is 0.867. The first-order valence-electron chi connectivity index (χ1n) is 9.62. The maximum absolute atomic E-state index is 6.20. The molecule has 2 N–H and O–H groups in total. The van der Waals surface area contributed by atoms with E-state index in [1.165, 1.54) is 53.7 Å². The van der Waals surface area contributed by atoms with Crippen LogP contribution < -0.4 is 5.73 Å². The van der Waals surface area contributed by atoms with Gasteiger partial charge in [-0.2, -0.15) is 0 Å². The summed E-state index contributed by atoms with van der Waals surface area (Å²) < 4.78 is 0. The van der Waals surface area contributed by atoms with Gasteiger partial charge in [-0.3, -0.25) is 4.90 Å². The topological polar surface area (TPSA) is 29.3 Å². The molecule has 3 rings (SSSR count). The minimum Gasteiger partial charge on any atom is -0.330 e. The predicted octanol–water partition coefficient (Wildman–Crippen LogP) is 4.57. The van der Waals surface area contributed by atoms with Crippen molar-refractivity contribution in [3.63, 3.8) is 0 Å². The Balaban J connectivity index is 1.61. The van der Waals surface area contributed by atoms with Gasteiger partial charge in [-0.1, -0.05) is 53.6 Å². The summed E-state index contributed by atoms with van der Waals surface area (Å²) in [4.78, 5) is 2.59. The van der Waals surface area contributed by atoms with E-state index in [0.717, 1.165) is 13.1 Å². The third-order valence-corrected chi connectivity index (χ3v) is 5.81. The molecule has 0 aromatic heterocycles. The molecule has 2 aromatic rings. The van der Waals surface area contributed by atoms with Gasteiger partial charge in [0.25, 0.3) is 0 Å². The van der Waals surface area contributed by atoms with Crippen LogP contribution >= 0.6 is 0 Å². The van der Waals surface area contributed by atoms with Crippen LogP contribution in [-0.2, 0) is 6.54 Å². The number of nitrogens with two attached hydrogens (primary N) is 1. The van der Waals surface area contributed by atoms with Gasteiger partial charge in [-0.15, -0.1) is 0 Å². The Hall–Kier alpha value is -1.64. The van der Waals surface area contributed by atoms with E-state index < -0.39 is 0 Å². The third kappa shape index (κ3) is 4.50. The van der Waals surface area contributed by atoms with Crippen LogP contribution in [0.25, 0.3) is 0 Å². The fraction of sp³-hybridized carbons (Fsp3) is 0.478. The van der Waals surface area contributed by atoms with Crippen molar-refractivity contribution in [1.29, 1.82) is 0 Å². The first kappa shape index (κ1) is 18.2. The highest BCUT2D eigenvalue weighted by atomic mass is 15.1. The molecule has 25 heavy (non-hydrogen) atoms. The zero-order chi connectivity index (χ0) is 17.8. The molecule has 1 atom stereocenters. The first-order chi connectivity index (χ1) is 12.1. The van der Waals surface area contributed by atoms with Gasteiger partial charge in [0.2, 0.25) is 0 Å². The number of benzene rings is 2. The zero-order valence-electron chi connectivity index (χ0n) is 16.0. The molecule has 134 valence electrons. The van der Waals surface area contributed by atoms with Gasteiger partial charge < -0.3 is 5.73 Å². The van der Waals surface area contributed by atoms with Crippen LogP contribution in [0.15, 0.2) is 42.5 Å². The second kappa shape index (κ2) is 8.16. The molecule has 1 aliphatic heterocycles. The fourth-order valence-electron chi connectivity index (χ4n) is 4.28. The Morgan fingerprint density at radius 3 is 2.20 bits per heavy atom. The van der Waals surface area contributed by atoms with E-state index in [-0.39, 0.29) is 0 Å². The maximum atomic E-state index is 6.20. The van der Waals surface area contributed by atoms with E-state index in [1.807, 2.05) is 0 Å². The summed E-state index contributed by atoms with van der Waals surface area (Å²) in [6.45, 7) is 10.7. The SMILES string of the molecule is Cc1ccc(CN2CCC(C(CN)c3ccc(C)cc3C)CC2)cc1. The summed E-state index contributed by atoms with van der Waals surface area (Å²) in [5.41, 5.74) is 13.2. The van der Waals surface area contributed by atoms with E-state index in [2.05, 4.69) is 68.1 Å². The summed E-state index contributed by atoms with van der Waals surface area (Å²) in [5, 5.41) is 0. The van der Waals surface area contributed by atoms with Crippen LogP contribution in [0.2, 0.25) is 0 Å². The van der Waals surface area contributed by atoms with E-state index in [0.29, 0.717) is 11.8 Å². The second-order valence-corrected chi connectivity index (χ2v) is 7.80. The molecule has 1 saturated heterocycles. The van der Waals surface area contributed by atoms with Crippen LogP contribution in [0.4, 0.5) is 0 Å². The molecule has 0 aliphatic carbocycles. The molecular weight excluding hydrogens is 304 g/mol. The van der Waals surface area contributed by atoms with Gasteiger partial charge >= 0.3 is 0 Å². The van der Waals surface area contributed by atoms with Crippen molar-refractivity contribution in [2.24, 2.45) is 11.7 Å². The maximum Gasteiger partial charge on any atom is 0.0233 e. The Kier molecular flexibility index (Phi) is 5.93. The normalized spacial score (nSPS) is 17.6. The smallest absolute Gasteiger partial charge is 0.0233 e. The number of hydrogen-bond acceptors (Lipinski definition) is 2. The lowest BCUT2D eigenvalue weighted by Gasteiger charge is -2.36. The molecular formula is C23H32N2. The molecule has 1 fully saturated rings. The third-order valence-electron chi connectivity index (χ3n) is 5.81. The average molecular weight is 337 g/mol. The van der Waals surface area contributed by atoms with Crippen molar-refractivity contribution < 1.29 is 0 Å². The lowest BCUT2D eigenvalue weighted by molar-refractivity contribution is 0.162. The van der Waals surface area contributed by atoms with Crippen LogP contribution in [-0.4, -0.2) is 24.5 Å². The number of piperidine rings is 1. The van der Waals surface area contributed by atoms with Crippen LogP contribution in [0.3, 0.4) is 0 Å². The molecule has 2 nitrogen and oxygen atoms in total. The summed E-state index contributed by atoms with van der Waals surface area (Å²) in [6, 6.07) is 15.8. The Morgan fingerprint density at radius 2 is 1.60 bits per heavy atom. The molecule has 1 heterocycles. The number of hydrogen-bond donors (Lipinski definition) is 1. The zero-order valence-corrected chi connectivity index (χ0v) is 16.0. The molecule has 1 unspecified atom stereocenters. The van der Waals surface area contributed by atoms with E-state index in [1.54, 1.807) is 0 Å². The highest BCUT2D eigenvalue weighted by Crippen LogP contribution is 2.34. The lowest BCUT2D eigenvalue weighted by Crippen LogP contribution is -2.36. The van der Waals surface area contributed by atoms with Crippen molar-refractivity contribution >= 4 is 0 Å². The number of nitrogens with zero attached hydrogens (tertiary/aromatic N) is 1. The molecule has 2 heteroatoms.